The molecule has 0 aliphatic rings. The lowest BCUT2D eigenvalue weighted by molar-refractivity contribution is 0.399. The first kappa shape index (κ1) is 27.7. The highest BCUT2D eigenvalue weighted by molar-refractivity contribution is 7.95. The quantitative estimate of drug-likeness (QED) is 0.164. The van der Waals surface area contributed by atoms with Crippen LogP contribution in [-0.4, -0.2) is 30.5 Å². The Morgan fingerprint density at radius 2 is 1.20 bits per heavy atom. The number of benzene rings is 4. The molecule has 0 aliphatic heterocycles. The number of pyridine rings is 1. The molecule has 0 fully saturated rings. The molecule has 5 rings (SSSR count). The first-order valence-electron chi connectivity index (χ1n) is 14.1. The second-order valence-corrected chi connectivity index (χ2v) is 14.0. The highest BCUT2D eigenvalue weighted by atomic mass is 31.2. The van der Waals surface area contributed by atoms with Gasteiger partial charge in [0.2, 0.25) is 0 Å². The Morgan fingerprint density at radius 3 is 1.77 bits per heavy atom. The third-order valence-corrected chi connectivity index (χ3v) is 11.7. The van der Waals surface area contributed by atoms with Gasteiger partial charge in [-0.15, -0.1) is 0 Å². The maximum Gasteiger partial charge on any atom is 0.116 e. The second kappa shape index (κ2) is 13.5. The summed E-state index contributed by atoms with van der Waals surface area (Å²) in [6.45, 7) is 1.08. The molecule has 2 nitrogen and oxygen atoms in total. The van der Waals surface area contributed by atoms with Crippen molar-refractivity contribution in [3.05, 3.63) is 156 Å². The Hall–Kier alpha value is -3.84. The van der Waals surface area contributed by atoms with Crippen LogP contribution in [0.15, 0.2) is 133 Å². The van der Waals surface area contributed by atoms with Crippen LogP contribution in [0.2, 0.25) is 0 Å². The Morgan fingerprint density at radius 1 is 0.625 bits per heavy atom. The van der Waals surface area contributed by atoms with E-state index in [-0.39, 0.29) is 0 Å². The summed E-state index contributed by atoms with van der Waals surface area (Å²) < 4.78 is 0. The zero-order valence-electron chi connectivity index (χ0n) is 23.5. The molecule has 1 aromatic heterocycles. The Labute approximate surface area is 240 Å². The third kappa shape index (κ3) is 6.83. The van der Waals surface area contributed by atoms with Crippen LogP contribution in [0.3, 0.4) is 0 Å². The van der Waals surface area contributed by atoms with Crippen LogP contribution in [0.5, 0.6) is 0 Å². The van der Waals surface area contributed by atoms with Gasteiger partial charge < -0.3 is 4.90 Å². The van der Waals surface area contributed by atoms with Gasteiger partial charge >= 0.3 is 0 Å². The summed E-state index contributed by atoms with van der Waals surface area (Å²) in [6.07, 6.45) is 7.42. The van der Waals surface area contributed by atoms with Crippen molar-refractivity contribution in [1.29, 1.82) is 0 Å². The van der Waals surface area contributed by atoms with E-state index in [2.05, 4.69) is 165 Å². The van der Waals surface area contributed by atoms with Gasteiger partial charge in [0.1, 0.15) is 23.2 Å². The van der Waals surface area contributed by atoms with Gasteiger partial charge in [-0.2, -0.15) is 0 Å². The molecule has 0 radical (unpaired) electrons. The van der Waals surface area contributed by atoms with Gasteiger partial charge in [-0.05, 0) is 105 Å². The predicted molar refractivity (Wildman–Crippen MR) is 175 cm³/mol. The highest BCUT2D eigenvalue weighted by Crippen LogP contribution is 2.58. The minimum Gasteiger partial charge on any atom is -0.309 e. The van der Waals surface area contributed by atoms with Crippen LogP contribution in [-0.2, 0) is 12.6 Å². The van der Waals surface area contributed by atoms with E-state index < -0.39 is 7.26 Å². The molecule has 0 amide bonds. The Balaban J connectivity index is 1.47. The molecule has 200 valence electrons. The van der Waals surface area contributed by atoms with Gasteiger partial charge in [0.15, 0.2) is 0 Å². The van der Waals surface area contributed by atoms with Crippen LogP contribution in [0, 0.1) is 0 Å². The topological polar surface area (TPSA) is 16.1 Å². The standard InChI is InChI=1S/C37H38N2P/c1-39(2)28-14-19-33-17-13-18-34(38-33)27-26-31-15-12-16-32(29-31)30-40(35-20-6-3-7-21-35,36-22-8-4-9-23-36)37-24-10-5-11-25-37/h3-13,15-18,20-27,29H,14,19,28,30H2,1-2H3/q+1/b27-26-. The van der Waals surface area contributed by atoms with Crippen molar-refractivity contribution in [3.63, 3.8) is 0 Å². The molecule has 40 heavy (non-hydrogen) atoms. The first-order valence-corrected chi connectivity index (χ1v) is 16.0. The van der Waals surface area contributed by atoms with Gasteiger partial charge in [0, 0.05) is 5.69 Å². The molecule has 3 heteroatoms. The summed E-state index contributed by atoms with van der Waals surface area (Å²) in [4.78, 5) is 7.11. The van der Waals surface area contributed by atoms with Crippen LogP contribution in [0.25, 0.3) is 12.2 Å². The normalized spacial score (nSPS) is 11.8. The molecule has 0 unspecified atom stereocenters. The maximum absolute atomic E-state index is 4.89. The van der Waals surface area contributed by atoms with Crippen molar-refractivity contribution >= 4 is 35.3 Å². The fourth-order valence-electron chi connectivity index (χ4n) is 5.33. The fourth-order valence-corrected chi connectivity index (χ4v) is 9.56. The van der Waals surface area contributed by atoms with Gasteiger partial charge in [0.25, 0.3) is 0 Å². The molecular weight excluding hydrogens is 503 g/mol. The van der Waals surface area contributed by atoms with Crippen LogP contribution in [0.1, 0.15) is 28.9 Å². The number of aromatic nitrogens is 1. The van der Waals surface area contributed by atoms with E-state index in [1.807, 2.05) is 0 Å². The number of hydrogen-bond acceptors (Lipinski definition) is 2. The molecule has 0 aliphatic carbocycles. The van der Waals surface area contributed by atoms with Crippen molar-refractivity contribution in [3.8, 4) is 0 Å². The predicted octanol–water partition coefficient (Wildman–Crippen LogP) is 7.24. The Kier molecular flexibility index (Phi) is 9.34. The fraction of sp³-hybridized carbons (Fsp3) is 0.162. The summed E-state index contributed by atoms with van der Waals surface area (Å²) in [7, 11) is 2.30. The molecule has 0 saturated carbocycles. The lowest BCUT2D eigenvalue weighted by atomic mass is 10.1. The molecule has 0 N–H and O–H groups in total. The number of nitrogens with zero attached hydrogens (tertiary/aromatic N) is 2. The van der Waals surface area contributed by atoms with Crippen molar-refractivity contribution in [2.45, 2.75) is 19.0 Å². The largest absolute Gasteiger partial charge is 0.309 e. The molecule has 0 atom stereocenters. The summed E-state index contributed by atoms with van der Waals surface area (Å²) >= 11 is 0. The van der Waals surface area contributed by atoms with Crippen molar-refractivity contribution in [1.82, 2.24) is 9.88 Å². The van der Waals surface area contributed by atoms with Gasteiger partial charge in [0.05, 0.1) is 11.9 Å². The van der Waals surface area contributed by atoms with E-state index in [9.17, 15) is 0 Å². The Bertz CT molecular complexity index is 1420. The van der Waals surface area contributed by atoms with Gasteiger partial charge in [-0.25, -0.2) is 0 Å². The van der Waals surface area contributed by atoms with Gasteiger partial charge in [-0.3, -0.25) is 4.98 Å². The monoisotopic (exact) mass is 541 g/mol. The van der Waals surface area contributed by atoms with Crippen molar-refractivity contribution in [2.24, 2.45) is 0 Å². The highest BCUT2D eigenvalue weighted by Gasteiger charge is 2.45. The van der Waals surface area contributed by atoms with Crippen molar-refractivity contribution < 1.29 is 0 Å². The van der Waals surface area contributed by atoms with E-state index in [4.69, 9.17) is 4.98 Å². The summed E-state index contributed by atoms with van der Waals surface area (Å²) in [6, 6.07) is 48.6. The SMILES string of the molecule is CN(C)CCCc1cccc(/C=C\c2cccc(C[P+](c3ccccc3)(c3ccccc3)c3ccccc3)c2)n1. The molecular formula is C37H38N2P+. The van der Waals surface area contributed by atoms with Crippen molar-refractivity contribution in [2.75, 3.05) is 20.6 Å². The van der Waals surface area contributed by atoms with Crippen LogP contribution in [0.4, 0.5) is 0 Å². The molecule has 4 aromatic carbocycles. The van der Waals surface area contributed by atoms with Crippen LogP contribution >= 0.6 is 7.26 Å². The average molecular weight is 542 g/mol. The second-order valence-electron chi connectivity index (χ2n) is 10.5. The zero-order valence-corrected chi connectivity index (χ0v) is 24.4. The smallest absolute Gasteiger partial charge is 0.116 e. The number of hydrogen-bond donors (Lipinski definition) is 0. The summed E-state index contributed by atoms with van der Waals surface area (Å²) in [5.41, 5.74) is 4.70. The molecule has 0 bridgehead atoms. The molecule has 0 saturated heterocycles. The average Bonchev–Trinajstić information content (AvgIpc) is 3.00. The lowest BCUT2D eigenvalue weighted by Crippen LogP contribution is -2.32. The summed E-state index contributed by atoms with van der Waals surface area (Å²) in [5.74, 6) is 0. The van der Waals surface area contributed by atoms with E-state index >= 15 is 0 Å². The minimum atomic E-state index is -1.94. The number of aryl methyl sites for hydroxylation is 1. The zero-order chi connectivity index (χ0) is 27.6. The van der Waals surface area contributed by atoms with E-state index in [0.29, 0.717) is 0 Å². The van der Waals surface area contributed by atoms with Crippen LogP contribution < -0.4 is 15.9 Å². The molecule has 1 heterocycles. The van der Waals surface area contributed by atoms with E-state index in [1.165, 1.54) is 27.0 Å². The number of rotatable bonds is 11. The summed E-state index contributed by atoms with van der Waals surface area (Å²) in [5, 5.41) is 4.22. The van der Waals surface area contributed by atoms with E-state index in [1.54, 1.807) is 0 Å². The molecule has 0 spiro atoms. The maximum atomic E-state index is 4.89. The van der Waals surface area contributed by atoms with Gasteiger partial charge in [-0.1, -0.05) is 84.9 Å². The minimum absolute atomic E-state index is 0.965. The van der Waals surface area contributed by atoms with E-state index in [0.717, 1.165) is 36.9 Å². The lowest BCUT2D eigenvalue weighted by Gasteiger charge is -2.28. The first-order chi connectivity index (χ1) is 19.6. The molecule has 5 aromatic rings. The third-order valence-electron chi connectivity index (χ3n) is 7.27.